The second kappa shape index (κ2) is 2.42. The molecule has 0 radical (unpaired) electrons. The number of nitrogens with one attached hydrogen (secondary N) is 1. The maximum absolute atomic E-state index is 9.40. The number of nitrogens with two attached hydrogens (primary N) is 1. The zero-order valence-corrected chi connectivity index (χ0v) is 8.06. The molecule has 0 unspecified atom stereocenters. The first kappa shape index (κ1) is 7.70. The monoisotopic (exact) mass is 204 g/mol. The predicted octanol–water partition coefficient (Wildman–Crippen LogP) is 2.67. The van der Waals surface area contributed by atoms with E-state index in [1.165, 1.54) is 11.3 Å². The van der Waals surface area contributed by atoms with Crippen LogP contribution in [0, 0.1) is 0 Å². The minimum Gasteiger partial charge on any atom is -0.499 e. The van der Waals surface area contributed by atoms with Crippen LogP contribution in [0.15, 0.2) is 24.3 Å². The molecule has 2 aromatic heterocycles. The van der Waals surface area contributed by atoms with Crippen molar-refractivity contribution in [3.8, 4) is 5.06 Å². The molecule has 14 heavy (non-hydrogen) atoms. The minimum atomic E-state index is 0.334. The zero-order chi connectivity index (χ0) is 9.71. The van der Waals surface area contributed by atoms with Crippen LogP contribution in [0.25, 0.3) is 21.0 Å². The third-order valence-corrected chi connectivity index (χ3v) is 3.26. The van der Waals surface area contributed by atoms with E-state index in [4.69, 9.17) is 5.73 Å². The highest BCUT2D eigenvalue weighted by Crippen LogP contribution is 2.36. The van der Waals surface area contributed by atoms with Crippen molar-refractivity contribution < 1.29 is 5.11 Å². The van der Waals surface area contributed by atoms with Gasteiger partial charge in [0.25, 0.3) is 0 Å². The van der Waals surface area contributed by atoms with Gasteiger partial charge in [-0.05, 0) is 17.5 Å². The van der Waals surface area contributed by atoms with Crippen molar-refractivity contribution in [2.45, 2.75) is 0 Å². The van der Waals surface area contributed by atoms with Crippen molar-refractivity contribution in [3.63, 3.8) is 0 Å². The van der Waals surface area contributed by atoms with Crippen molar-refractivity contribution >= 4 is 38.1 Å². The third-order valence-electron chi connectivity index (χ3n) is 2.29. The zero-order valence-electron chi connectivity index (χ0n) is 7.24. The largest absolute Gasteiger partial charge is 0.499 e. The molecule has 0 spiro atoms. The molecule has 3 nitrogen and oxygen atoms in total. The van der Waals surface area contributed by atoms with Gasteiger partial charge in [-0.15, -0.1) is 0 Å². The molecule has 0 amide bonds. The molecule has 0 aliphatic rings. The van der Waals surface area contributed by atoms with E-state index >= 15 is 0 Å². The minimum absolute atomic E-state index is 0.334. The number of aromatic hydroxyl groups is 1. The van der Waals surface area contributed by atoms with Crippen LogP contribution in [-0.2, 0) is 0 Å². The van der Waals surface area contributed by atoms with E-state index in [2.05, 4.69) is 4.98 Å². The second-order valence-corrected chi connectivity index (χ2v) is 4.29. The standard InChI is InChI=1S/C10H8N2OS/c11-7-3-5-1-2-6-4-8(13)14-10(6)9(5)12-7/h1-4,12-13H,11H2. The van der Waals surface area contributed by atoms with E-state index in [1.807, 2.05) is 18.2 Å². The van der Waals surface area contributed by atoms with Crippen LogP contribution < -0.4 is 5.73 Å². The molecule has 0 fully saturated rings. The Kier molecular flexibility index (Phi) is 1.33. The summed E-state index contributed by atoms with van der Waals surface area (Å²) in [6.45, 7) is 0. The summed E-state index contributed by atoms with van der Waals surface area (Å²) in [4.78, 5) is 3.09. The molecule has 0 aliphatic carbocycles. The Bertz CT molecular complexity index is 568. The lowest BCUT2D eigenvalue weighted by molar-refractivity contribution is 0.491. The lowest BCUT2D eigenvalue weighted by atomic mass is 10.2. The molecule has 1 aromatic carbocycles. The molecule has 0 saturated heterocycles. The highest BCUT2D eigenvalue weighted by Gasteiger charge is 2.06. The number of nitrogen functional groups attached to an aromatic ring is 1. The van der Waals surface area contributed by atoms with E-state index in [1.54, 1.807) is 6.07 Å². The Morgan fingerprint density at radius 1 is 1.21 bits per heavy atom. The van der Waals surface area contributed by atoms with Gasteiger partial charge in [0.1, 0.15) is 5.82 Å². The van der Waals surface area contributed by atoms with E-state index in [-0.39, 0.29) is 0 Å². The Morgan fingerprint density at radius 2 is 2.00 bits per heavy atom. The Morgan fingerprint density at radius 3 is 2.86 bits per heavy atom. The SMILES string of the molecule is Nc1cc2ccc3cc(O)sc3c2[nH]1. The Labute approximate surface area is 83.8 Å². The Balaban J connectivity index is 2.58. The molecule has 2 heterocycles. The number of anilines is 1. The number of benzene rings is 1. The molecule has 0 bridgehead atoms. The van der Waals surface area contributed by atoms with Crippen molar-refractivity contribution in [1.29, 1.82) is 0 Å². The van der Waals surface area contributed by atoms with Gasteiger partial charge in [-0.3, -0.25) is 0 Å². The van der Waals surface area contributed by atoms with Gasteiger partial charge in [0, 0.05) is 5.39 Å². The van der Waals surface area contributed by atoms with Crippen LogP contribution in [0.5, 0.6) is 5.06 Å². The van der Waals surface area contributed by atoms with Crippen molar-refractivity contribution in [2.24, 2.45) is 0 Å². The normalized spacial score (nSPS) is 11.4. The van der Waals surface area contributed by atoms with E-state index in [0.29, 0.717) is 10.9 Å². The van der Waals surface area contributed by atoms with Gasteiger partial charge < -0.3 is 15.8 Å². The lowest BCUT2D eigenvalue weighted by Gasteiger charge is -1.90. The first-order chi connectivity index (χ1) is 6.74. The quantitative estimate of drug-likeness (QED) is 0.527. The molecule has 0 aliphatic heterocycles. The summed E-state index contributed by atoms with van der Waals surface area (Å²) < 4.78 is 1.05. The second-order valence-electron chi connectivity index (χ2n) is 3.26. The number of hydrogen-bond acceptors (Lipinski definition) is 3. The van der Waals surface area contributed by atoms with Crippen LogP contribution in [0.1, 0.15) is 0 Å². The molecular weight excluding hydrogens is 196 g/mol. The van der Waals surface area contributed by atoms with Crippen LogP contribution in [-0.4, -0.2) is 10.1 Å². The highest BCUT2D eigenvalue weighted by molar-refractivity contribution is 7.21. The topological polar surface area (TPSA) is 62.0 Å². The van der Waals surface area contributed by atoms with Crippen LogP contribution in [0.2, 0.25) is 0 Å². The van der Waals surface area contributed by atoms with Gasteiger partial charge in [-0.1, -0.05) is 23.5 Å². The van der Waals surface area contributed by atoms with Gasteiger partial charge in [0.2, 0.25) is 0 Å². The van der Waals surface area contributed by atoms with E-state index < -0.39 is 0 Å². The number of aromatic amines is 1. The molecule has 4 heteroatoms. The predicted molar refractivity (Wildman–Crippen MR) is 59.8 cm³/mol. The van der Waals surface area contributed by atoms with Gasteiger partial charge in [0.15, 0.2) is 5.06 Å². The highest BCUT2D eigenvalue weighted by atomic mass is 32.1. The summed E-state index contributed by atoms with van der Waals surface area (Å²) in [6.07, 6.45) is 0. The molecule has 3 rings (SSSR count). The summed E-state index contributed by atoms with van der Waals surface area (Å²) >= 11 is 1.36. The number of aromatic nitrogens is 1. The fourth-order valence-corrected chi connectivity index (χ4v) is 2.61. The average Bonchev–Trinajstić information content (AvgIpc) is 2.65. The summed E-state index contributed by atoms with van der Waals surface area (Å²) in [5.74, 6) is 0.653. The van der Waals surface area contributed by atoms with Crippen LogP contribution in [0.4, 0.5) is 5.82 Å². The Hall–Kier alpha value is -1.68. The molecule has 0 saturated carbocycles. The summed E-state index contributed by atoms with van der Waals surface area (Å²) in [6, 6.07) is 7.64. The van der Waals surface area contributed by atoms with Gasteiger partial charge in [-0.2, -0.15) is 0 Å². The van der Waals surface area contributed by atoms with Gasteiger partial charge in [-0.25, -0.2) is 0 Å². The van der Waals surface area contributed by atoms with Gasteiger partial charge >= 0.3 is 0 Å². The first-order valence-electron chi connectivity index (χ1n) is 4.24. The first-order valence-corrected chi connectivity index (χ1v) is 5.05. The van der Waals surface area contributed by atoms with Crippen molar-refractivity contribution in [3.05, 3.63) is 24.3 Å². The van der Waals surface area contributed by atoms with Crippen molar-refractivity contribution in [2.75, 3.05) is 5.73 Å². The number of rotatable bonds is 0. The fourth-order valence-electron chi connectivity index (χ4n) is 1.70. The fraction of sp³-hybridized carbons (Fsp3) is 0. The van der Waals surface area contributed by atoms with Gasteiger partial charge in [0.05, 0.1) is 10.2 Å². The number of fused-ring (bicyclic) bond motifs is 3. The lowest BCUT2D eigenvalue weighted by Crippen LogP contribution is -1.80. The van der Waals surface area contributed by atoms with E-state index in [9.17, 15) is 5.11 Å². The number of hydrogen-bond donors (Lipinski definition) is 3. The molecule has 70 valence electrons. The molecule has 3 aromatic rings. The molecular formula is C10H8N2OS. The number of thiophene rings is 1. The third kappa shape index (κ3) is 0.914. The van der Waals surface area contributed by atoms with Crippen LogP contribution >= 0.6 is 11.3 Å². The smallest absolute Gasteiger partial charge is 0.172 e. The molecule has 4 N–H and O–H groups in total. The maximum Gasteiger partial charge on any atom is 0.172 e. The molecule has 0 atom stereocenters. The number of H-pyrrole nitrogens is 1. The summed E-state index contributed by atoms with van der Waals surface area (Å²) in [5, 5.41) is 11.9. The summed E-state index contributed by atoms with van der Waals surface area (Å²) in [7, 11) is 0. The van der Waals surface area contributed by atoms with E-state index in [0.717, 1.165) is 21.0 Å². The van der Waals surface area contributed by atoms with Crippen LogP contribution in [0.3, 0.4) is 0 Å². The average molecular weight is 204 g/mol. The maximum atomic E-state index is 9.40. The summed E-state index contributed by atoms with van der Waals surface area (Å²) in [5.41, 5.74) is 6.68. The van der Waals surface area contributed by atoms with Crippen molar-refractivity contribution in [1.82, 2.24) is 4.98 Å².